The first kappa shape index (κ1) is 62.9. The molecule has 68 heavy (non-hydrogen) atoms. The second kappa shape index (κ2) is 46.2. The molecule has 0 aliphatic carbocycles. The van der Waals surface area contributed by atoms with E-state index in [1.165, 1.54) is 83.5 Å². The summed E-state index contributed by atoms with van der Waals surface area (Å²) in [6.45, 7) is 3.94. The van der Waals surface area contributed by atoms with Gasteiger partial charge in [-0.3, -0.25) is 9.59 Å². The van der Waals surface area contributed by atoms with Gasteiger partial charge in [0.1, 0.15) is 24.4 Å². The second-order valence-electron chi connectivity index (χ2n) is 18.2. The van der Waals surface area contributed by atoms with Gasteiger partial charge in [-0.2, -0.15) is 0 Å². The van der Waals surface area contributed by atoms with E-state index >= 15 is 0 Å². The Balaban J connectivity index is 2.14. The van der Waals surface area contributed by atoms with Gasteiger partial charge in [0.15, 0.2) is 6.29 Å². The zero-order valence-corrected chi connectivity index (χ0v) is 42.5. The molecule has 0 radical (unpaired) electrons. The first-order valence-corrected chi connectivity index (χ1v) is 26.8. The molecule has 11 nitrogen and oxygen atoms in total. The summed E-state index contributed by atoms with van der Waals surface area (Å²) in [5.74, 6) is -0.334. The number of aliphatic hydroxyl groups is 5. The monoisotopic (exact) mass is 956 g/mol. The van der Waals surface area contributed by atoms with Crippen molar-refractivity contribution in [2.75, 3.05) is 19.8 Å². The number of carbonyl (C=O) groups excluding carboxylic acids is 2. The van der Waals surface area contributed by atoms with Gasteiger partial charge in [-0.25, -0.2) is 0 Å². The summed E-state index contributed by atoms with van der Waals surface area (Å²) in [6.07, 6.45) is 51.4. The average molecular weight is 956 g/mol. The summed E-state index contributed by atoms with van der Waals surface area (Å²) < 4.78 is 16.6. The maximum atomic E-state index is 12.9. The molecule has 1 fully saturated rings. The molecule has 1 saturated heterocycles. The SMILES string of the molecule is C/C=C/CC/C=C/CC/C=C/C(O)C(COC1OC(CO)C(O)C(O)C1O)NC(=O)CC/C=C\C/C=C\CCCCCCCCOC(=O)CCCCCCCCC/C=C\C/C=C\CCCCCC. The second-order valence-corrected chi connectivity index (χ2v) is 18.2. The highest BCUT2D eigenvalue weighted by Crippen LogP contribution is 2.22. The molecule has 1 heterocycles. The Morgan fingerprint density at radius 2 is 1.07 bits per heavy atom. The molecule has 1 rings (SSSR count). The molecule has 6 N–H and O–H groups in total. The van der Waals surface area contributed by atoms with Crippen molar-refractivity contribution in [2.24, 2.45) is 0 Å². The molecule has 0 aromatic carbocycles. The molecular formula is C57H97NO10. The van der Waals surface area contributed by atoms with Crippen LogP contribution in [0.2, 0.25) is 0 Å². The van der Waals surface area contributed by atoms with Crippen LogP contribution in [-0.4, -0.2) is 100 Å². The highest BCUT2D eigenvalue weighted by molar-refractivity contribution is 5.76. The Kier molecular flexibility index (Phi) is 42.7. The Labute approximate surface area is 413 Å². The molecule has 390 valence electrons. The number of carbonyl (C=O) groups is 2. The quantitative estimate of drug-likeness (QED) is 0.0196. The van der Waals surface area contributed by atoms with E-state index in [4.69, 9.17) is 14.2 Å². The van der Waals surface area contributed by atoms with Crippen LogP contribution >= 0.6 is 0 Å². The summed E-state index contributed by atoms with van der Waals surface area (Å²) in [7, 11) is 0. The van der Waals surface area contributed by atoms with Crippen molar-refractivity contribution in [2.45, 2.75) is 243 Å². The van der Waals surface area contributed by atoms with Crippen molar-refractivity contribution in [1.82, 2.24) is 5.32 Å². The van der Waals surface area contributed by atoms with Crippen LogP contribution in [-0.2, 0) is 23.8 Å². The number of ether oxygens (including phenoxy) is 3. The standard InChI is InChI=1S/C57H97NO10/c1-3-5-7-9-11-13-14-15-16-17-18-19-22-25-29-33-37-41-45-53(62)66-46-42-38-34-30-26-23-20-21-24-28-32-36-40-44-52(61)58-49(50(60)43-39-35-31-27-12-10-8-6-4-2)48-67-57-56(65)55(64)54(63)51(47-59)68-57/h4,6,12-14,16-17,21,24,27,32,36,39,43,49-51,54-57,59-60,63-65H,3,5,7-11,15,18-20,22-23,25-26,28-31,33-35,37-38,40-42,44-48H2,1-2H3,(H,58,61)/b6-4+,14-13-,17-16-,24-21-,27-12+,36-32-,43-39+. The van der Waals surface area contributed by atoms with Crippen molar-refractivity contribution >= 4 is 11.9 Å². The maximum Gasteiger partial charge on any atom is 0.305 e. The molecule has 7 unspecified atom stereocenters. The summed E-state index contributed by atoms with van der Waals surface area (Å²) in [5.41, 5.74) is 0. The Hall–Kier alpha value is -3.16. The van der Waals surface area contributed by atoms with Crippen LogP contribution in [0.5, 0.6) is 0 Å². The van der Waals surface area contributed by atoms with Gasteiger partial charge in [0.25, 0.3) is 0 Å². The van der Waals surface area contributed by atoms with Crippen molar-refractivity contribution in [1.29, 1.82) is 0 Å². The number of amides is 1. The van der Waals surface area contributed by atoms with Crippen molar-refractivity contribution < 1.29 is 49.3 Å². The van der Waals surface area contributed by atoms with Gasteiger partial charge in [-0.15, -0.1) is 0 Å². The van der Waals surface area contributed by atoms with Gasteiger partial charge in [0, 0.05) is 12.8 Å². The zero-order chi connectivity index (χ0) is 49.6. The van der Waals surface area contributed by atoms with E-state index in [0.717, 1.165) is 77.0 Å². The summed E-state index contributed by atoms with van der Waals surface area (Å²) >= 11 is 0. The minimum absolute atomic E-state index is 0.0505. The van der Waals surface area contributed by atoms with E-state index < -0.39 is 49.5 Å². The molecule has 1 amide bonds. The fourth-order valence-electron chi connectivity index (χ4n) is 7.73. The number of esters is 1. The lowest BCUT2D eigenvalue weighted by molar-refractivity contribution is -0.302. The number of hydrogen-bond acceptors (Lipinski definition) is 10. The van der Waals surface area contributed by atoms with Crippen LogP contribution in [0.1, 0.15) is 200 Å². The van der Waals surface area contributed by atoms with E-state index in [2.05, 4.69) is 66.9 Å². The highest BCUT2D eigenvalue weighted by atomic mass is 16.7. The van der Waals surface area contributed by atoms with E-state index in [1.54, 1.807) is 6.08 Å². The predicted molar refractivity (Wildman–Crippen MR) is 278 cm³/mol. The first-order valence-electron chi connectivity index (χ1n) is 26.8. The molecule has 0 aromatic heterocycles. The third-order valence-corrected chi connectivity index (χ3v) is 12.0. The van der Waals surface area contributed by atoms with Gasteiger partial charge < -0.3 is 45.1 Å². The topological polar surface area (TPSA) is 175 Å². The van der Waals surface area contributed by atoms with E-state index in [0.29, 0.717) is 25.9 Å². The minimum atomic E-state index is -1.60. The Morgan fingerprint density at radius 1 is 0.574 bits per heavy atom. The number of nitrogens with one attached hydrogen (secondary N) is 1. The molecular weight excluding hydrogens is 859 g/mol. The van der Waals surface area contributed by atoms with E-state index in [9.17, 15) is 35.1 Å². The maximum absolute atomic E-state index is 12.9. The van der Waals surface area contributed by atoms with Crippen molar-refractivity contribution in [3.05, 3.63) is 85.1 Å². The Morgan fingerprint density at radius 3 is 1.65 bits per heavy atom. The van der Waals surface area contributed by atoms with Crippen LogP contribution in [0.25, 0.3) is 0 Å². The van der Waals surface area contributed by atoms with E-state index in [1.807, 2.05) is 31.2 Å². The summed E-state index contributed by atoms with van der Waals surface area (Å²) in [5, 5.41) is 53.9. The van der Waals surface area contributed by atoms with Gasteiger partial charge in [0.05, 0.1) is 32.0 Å². The van der Waals surface area contributed by atoms with Gasteiger partial charge in [-0.1, -0.05) is 169 Å². The normalized spacial score (nSPS) is 20.1. The molecule has 0 aromatic rings. The number of unbranched alkanes of at least 4 members (excludes halogenated alkanes) is 19. The van der Waals surface area contributed by atoms with Gasteiger partial charge >= 0.3 is 5.97 Å². The predicted octanol–water partition coefficient (Wildman–Crippen LogP) is 11.4. The van der Waals surface area contributed by atoms with Crippen LogP contribution in [0.3, 0.4) is 0 Å². The minimum Gasteiger partial charge on any atom is -0.466 e. The molecule has 0 saturated carbocycles. The van der Waals surface area contributed by atoms with Gasteiger partial charge in [-0.05, 0) is 103 Å². The average Bonchev–Trinajstić information content (AvgIpc) is 3.33. The van der Waals surface area contributed by atoms with Crippen LogP contribution < -0.4 is 5.32 Å². The lowest BCUT2D eigenvalue weighted by Gasteiger charge is -2.40. The molecule has 1 aliphatic rings. The first-order chi connectivity index (χ1) is 33.2. The third-order valence-electron chi connectivity index (χ3n) is 12.0. The third kappa shape index (κ3) is 35.9. The van der Waals surface area contributed by atoms with Gasteiger partial charge in [0.2, 0.25) is 5.91 Å². The number of allylic oxidation sites excluding steroid dienone is 13. The lowest BCUT2D eigenvalue weighted by atomic mass is 9.99. The van der Waals surface area contributed by atoms with Crippen LogP contribution in [0, 0.1) is 0 Å². The smallest absolute Gasteiger partial charge is 0.305 e. The lowest BCUT2D eigenvalue weighted by Crippen LogP contribution is -2.60. The highest BCUT2D eigenvalue weighted by Gasteiger charge is 2.44. The van der Waals surface area contributed by atoms with Crippen LogP contribution in [0.15, 0.2) is 85.1 Å². The molecule has 0 bridgehead atoms. The van der Waals surface area contributed by atoms with Crippen molar-refractivity contribution in [3.63, 3.8) is 0 Å². The Bertz CT molecular complexity index is 1400. The number of aliphatic hydroxyl groups excluding tert-OH is 5. The zero-order valence-electron chi connectivity index (χ0n) is 42.5. The molecule has 7 atom stereocenters. The van der Waals surface area contributed by atoms with Crippen LogP contribution in [0.4, 0.5) is 0 Å². The van der Waals surface area contributed by atoms with Crippen molar-refractivity contribution in [3.8, 4) is 0 Å². The summed E-state index contributed by atoms with van der Waals surface area (Å²) in [6, 6.07) is -0.880. The molecule has 1 aliphatic heterocycles. The molecule has 11 heteroatoms. The number of hydrogen-bond donors (Lipinski definition) is 6. The number of rotatable bonds is 44. The largest absolute Gasteiger partial charge is 0.466 e. The van der Waals surface area contributed by atoms with E-state index in [-0.39, 0.29) is 24.9 Å². The fraction of sp³-hybridized carbons (Fsp3) is 0.719. The fourth-order valence-corrected chi connectivity index (χ4v) is 7.73. The summed E-state index contributed by atoms with van der Waals surface area (Å²) in [4.78, 5) is 25.0. The molecule has 0 spiro atoms.